The van der Waals surface area contributed by atoms with Crippen molar-refractivity contribution < 1.29 is 8.78 Å². The van der Waals surface area contributed by atoms with Crippen LogP contribution in [0.5, 0.6) is 0 Å². The predicted molar refractivity (Wildman–Crippen MR) is 49.0 cm³/mol. The van der Waals surface area contributed by atoms with E-state index in [0.717, 1.165) is 6.07 Å². The molecule has 0 spiro atoms. The zero-order valence-corrected chi connectivity index (χ0v) is 7.20. The number of halogens is 2. The smallest absolute Gasteiger partial charge is 0.142 e. The minimum atomic E-state index is -0.722. The van der Waals surface area contributed by atoms with E-state index in [2.05, 4.69) is 12.5 Å². The predicted octanol–water partition coefficient (Wildman–Crippen LogP) is 2.98. The van der Waals surface area contributed by atoms with Gasteiger partial charge in [-0.1, -0.05) is 12.5 Å². The van der Waals surface area contributed by atoms with Crippen LogP contribution in [0, 0.1) is 24.0 Å². The molecule has 13 heavy (non-hydrogen) atoms. The first kappa shape index (κ1) is 9.47. The fourth-order valence-electron chi connectivity index (χ4n) is 1.06. The van der Waals surface area contributed by atoms with Gasteiger partial charge in [-0.05, 0) is 24.1 Å². The van der Waals surface area contributed by atoms with Crippen LogP contribution in [0.2, 0.25) is 0 Å². The van der Waals surface area contributed by atoms with Crippen LogP contribution in [0.25, 0.3) is 5.57 Å². The first-order valence-electron chi connectivity index (χ1n) is 3.67. The lowest BCUT2D eigenvalue weighted by atomic mass is 10.0. The molecule has 2 heteroatoms. The maximum absolute atomic E-state index is 13.0. The molecule has 0 aliphatic rings. The van der Waals surface area contributed by atoms with E-state index in [0.29, 0.717) is 11.1 Å². The largest absolute Gasteiger partial charge is 0.207 e. The normalized spacial score (nSPS) is 9.38. The van der Waals surface area contributed by atoms with Crippen LogP contribution < -0.4 is 0 Å². The van der Waals surface area contributed by atoms with Crippen LogP contribution in [0.15, 0.2) is 18.7 Å². The number of benzene rings is 1. The van der Waals surface area contributed by atoms with Crippen molar-refractivity contribution in [2.75, 3.05) is 0 Å². The number of terminal acetylenes is 1. The molecule has 0 bridgehead atoms. The van der Waals surface area contributed by atoms with Crippen LogP contribution in [0.3, 0.4) is 0 Å². The standard InChI is InChI=1S/C11H8F2/c1-4-9-10(7(2)3)5-8(12)6-11(9)13/h1,5-6H,2H2,3H3. The number of hydrogen-bond donors (Lipinski definition) is 0. The molecule has 1 aromatic rings. The van der Waals surface area contributed by atoms with Crippen LogP contribution in [0.1, 0.15) is 18.1 Å². The molecule has 0 fully saturated rings. The van der Waals surface area contributed by atoms with Crippen LogP contribution in [0.4, 0.5) is 8.78 Å². The van der Waals surface area contributed by atoms with E-state index in [9.17, 15) is 8.78 Å². The summed E-state index contributed by atoms with van der Waals surface area (Å²) in [6, 6.07) is 1.95. The Hall–Kier alpha value is -1.62. The van der Waals surface area contributed by atoms with E-state index in [1.54, 1.807) is 6.92 Å². The van der Waals surface area contributed by atoms with Gasteiger partial charge in [0.15, 0.2) is 0 Å². The van der Waals surface area contributed by atoms with E-state index in [1.807, 2.05) is 0 Å². The second-order valence-corrected chi connectivity index (χ2v) is 2.73. The Bertz CT molecular complexity index is 397. The molecule has 1 aromatic carbocycles. The molecule has 0 radical (unpaired) electrons. The van der Waals surface area contributed by atoms with Crippen molar-refractivity contribution in [3.8, 4) is 12.3 Å². The van der Waals surface area contributed by atoms with Crippen molar-refractivity contribution in [3.05, 3.63) is 41.5 Å². The zero-order valence-electron chi connectivity index (χ0n) is 7.20. The van der Waals surface area contributed by atoms with E-state index in [1.165, 1.54) is 6.07 Å². The highest BCUT2D eigenvalue weighted by molar-refractivity contribution is 5.68. The van der Waals surface area contributed by atoms with E-state index >= 15 is 0 Å². The van der Waals surface area contributed by atoms with Crippen LogP contribution in [-0.2, 0) is 0 Å². The Labute approximate surface area is 75.9 Å². The summed E-state index contributed by atoms with van der Waals surface area (Å²) in [6.45, 7) is 5.24. The maximum Gasteiger partial charge on any atom is 0.142 e. The molecule has 0 aliphatic heterocycles. The van der Waals surface area contributed by atoms with Gasteiger partial charge >= 0.3 is 0 Å². The Kier molecular flexibility index (Phi) is 2.48. The topological polar surface area (TPSA) is 0 Å². The third kappa shape index (κ3) is 1.75. The van der Waals surface area contributed by atoms with Gasteiger partial charge in [-0.25, -0.2) is 8.78 Å². The summed E-state index contributed by atoms with van der Waals surface area (Å²) in [5.74, 6) is 0.804. The highest BCUT2D eigenvalue weighted by atomic mass is 19.1. The van der Waals surface area contributed by atoms with E-state index < -0.39 is 11.6 Å². The molecule has 0 saturated carbocycles. The van der Waals surface area contributed by atoms with Gasteiger partial charge in [0.2, 0.25) is 0 Å². The minimum Gasteiger partial charge on any atom is -0.207 e. The monoisotopic (exact) mass is 178 g/mol. The van der Waals surface area contributed by atoms with Crippen molar-refractivity contribution in [2.24, 2.45) is 0 Å². The van der Waals surface area contributed by atoms with Crippen molar-refractivity contribution in [2.45, 2.75) is 6.92 Å². The third-order valence-electron chi connectivity index (χ3n) is 1.66. The fourth-order valence-corrected chi connectivity index (χ4v) is 1.06. The van der Waals surface area contributed by atoms with E-state index in [-0.39, 0.29) is 5.56 Å². The Morgan fingerprint density at radius 2 is 2.08 bits per heavy atom. The van der Waals surface area contributed by atoms with Gasteiger partial charge in [0.05, 0.1) is 5.56 Å². The Morgan fingerprint density at radius 3 is 2.54 bits per heavy atom. The summed E-state index contributed by atoms with van der Waals surface area (Å²) in [5.41, 5.74) is 0.959. The summed E-state index contributed by atoms with van der Waals surface area (Å²) in [4.78, 5) is 0. The van der Waals surface area contributed by atoms with Gasteiger partial charge in [-0.15, -0.1) is 6.42 Å². The average molecular weight is 178 g/mol. The van der Waals surface area contributed by atoms with Gasteiger partial charge in [-0.2, -0.15) is 0 Å². The van der Waals surface area contributed by atoms with Crippen molar-refractivity contribution in [1.29, 1.82) is 0 Å². The van der Waals surface area contributed by atoms with Crippen LogP contribution in [-0.4, -0.2) is 0 Å². The SMILES string of the molecule is C#Cc1c(F)cc(F)cc1C(=C)C. The second kappa shape index (κ2) is 3.40. The summed E-state index contributed by atoms with van der Waals surface area (Å²) in [5, 5.41) is 0. The Balaban J connectivity index is 3.50. The molecule has 0 N–H and O–H groups in total. The van der Waals surface area contributed by atoms with Gasteiger partial charge in [0.25, 0.3) is 0 Å². The van der Waals surface area contributed by atoms with Crippen molar-refractivity contribution in [3.63, 3.8) is 0 Å². The van der Waals surface area contributed by atoms with Gasteiger partial charge in [0, 0.05) is 6.07 Å². The molecule has 1 rings (SSSR count). The second-order valence-electron chi connectivity index (χ2n) is 2.73. The first-order valence-corrected chi connectivity index (χ1v) is 3.67. The lowest BCUT2D eigenvalue weighted by Gasteiger charge is -2.04. The average Bonchev–Trinajstić information content (AvgIpc) is 2.02. The number of hydrogen-bond acceptors (Lipinski definition) is 0. The quantitative estimate of drug-likeness (QED) is 0.580. The lowest BCUT2D eigenvalue weighted by molar-refractivity contribution is 0.580. The zero-order chi connectivity index (χ0) is 10.0. The van der Waals surface area contributed by atoms with E-state index in [4.69, 9.17) is 6.42 Å². The molecule has 0 heterocycles. The fraction of sp³-hybridized carbons (Fsp3) is 0.0909. The molecule has 0 nitrogen and oxygen atoms in total. The molecule has 0 saturated heterocycles. The lowest BCUT2D eigenvalue weighted by Crippen LogP contribution is -1.93. The molecule has 0 aliphatic carbocycles. The van der Waals surface area contributed by atoms with Gasteiger partial charge in [0.1, 0.15) is 11.6 Å². The molecule has 0 atom stereocenters. The summed E-state index contributed by atoms with van der Waals surface area (Å²) >= 11 is 0. The maximum atomic E-state index is 13.0. The third-order valence-corrected chi connectivity index (χ3v) is 1.66. The van der Waals surface area contributed by atoms with Gasteiger partial charge in [-0.3, -0.25) is 0 Å². The highest BCUT2D eigenvalue weighted by Crippen LogP contribution is 2.20. The molecule has 0 aromatic heterocycles. The first-order chi connectivity index (χ1) is 6.06. The summed E-state index contributed by atoms with van der Waals surface area (Å²) in [6.07, 6.45) is 5.09. The molecule has 0 amide bonds. The minimum absolute atomic E-state index is 0.0638. The Morgan fingerprint density at radius 1 is 1.46 bits per heavy atom. The summed E-state index contributed by atoms with van der Waals surface area (Å²) in [7, 11) is 0. The van der Waals surface area contributed by atoms with Crippen LogP contribution >= 0.6 is 0 Å². The molecular formula is C11H8F2. The number of rotatable bonds is 1. The van der Waals surface area contributed by atoms with Crippen molar-refractivity contribution in [1.82, 2.24) is 0 Å². The molecule has 0 unspecified atom stereocenters. The van der Waals surface area contributed by atoms with Gasteiger partial charge < -0.3 is 0 Å². The summed E-state index contributed by atoms with van der Waals surface area (Å²) < 4.78 is 25.8. The van der Waals surface area contributed by atoms with Crippen molar-refractivity contribution >= 4 is 5.57 Å². The highest BCUT2D eigenvalue weighted by Gasteiger charge is 2.09. The molecular weight excluding hydrogens is 170 g/mol. The number of allylic oxidation sites excluding steroid dienone is 1. The molecule has 66 valence electrons.